The summed E-state index contributed by atoms with van der Waals surface area (Å²) in [6.45, 7) is 4.21. The number of amides is 1. The summed E-state index contributed by atoms with van der Waals surface area (Å²) in [5, 5.41) is 3.49. The minimum Gasteiger partial charge on any atom is -0.342 e. The highest BCUT2D eigenvalue weighted by Gasteiger charge is 2.53. The summed E-state index contributed by atoms with van der Waals surface area (Å²) < 4.78 is 0. The molecule has 1 aromatic carbocycles. The Hall–Kier alpha value is -1.35. The Morgan fingerprint density at radius 3 is 2.29 bits per heavy atom. The Labute approximate surface area is 126 Å². The highest BCUT2D eigenvalue weighted by atomic mass is 16.2. The normalized spacial score (nSPS) is 26.0. The van der Waals surface area contributed by atoms with Crippen LogP contribution in [0, 0.1) is 5.41 Å². The van der Waals surface area contributed by atoms with E-state index in [-0.39, 0.29) is 5.41 Å². The SMILES string of the molecule is O=C(N1CCC2(CCNC2)CC1)C1(c2ccccc2)CC1. The molecule has 1 N–H and O–H groups in total. The maximum Gasteiger partial charge on any atom is 0.233 e. The number of carbonyl (C=O) groups is 1. The van der Waals surface area contributed by atoms with Gasteiger partial charge in [-0.3, -0.25) is 4.79 Å². The number of carbonyl (C=O) groups excluding carboxylic acids is 1. The summed E-state index contributed by atoms with van der Waals surface area (Å²) in [7, 11) is 0. The zero-order valence-electron chi connectivity index (χ0n) is 12.6. The van der Waals surface area contributed by atoms with Crippen LogP contribution >= 0.6 is 0 Å². The molecule has 4 rings (SSSR count). The third kappa shape index (κ3) is 2.18. The molecular formula is C18H24N2O. The number of benzene rings is 1. The molecule has 0 aromatic heterocycles. The van der Waals surface area contributed by atoms with Gasteiger partial charge in [0.2, 0.25) is 5.91 Å². The third-order valence-corrected chi connectivity index (χ3v) is 5.93. The van der Waals surface area contributed by atoms with Gasteiger partial charge in [-0.05, 0) is 49.6 Å². The first kappa shape index (κ1) is 13.3. The Kier molecular flexibility index (Phi) is 3.07. The van der Waals surface area contributed by atoms with Gasteiger partial charge in [-0.1, -0.05) is 30.3 Å². The van der Waals surface area contributed by atoms with E-state index in [9.17, 15) is 4.79 Å². The van der Waals surface area contributed by atoms with Crippen LogP contribution in [0.2, 0.25) is 0 Å². The van der Waals surface area contributed by atoms with E-state index in [4.69, 9.17) is 0 Å². The van der Waals surface area contributed by atoms with Gasteiger partial charge in [0.15, 0.2) is 0 Å². The number of piperidine rings is 1. The van der Waals surface area contributed by atoms with Crippen molar-refractivity contribution >= 4 is 5.91 Å². The number of hydrogen-bond acceptors (Lipinski definition) is 2. The van der Waals surface area contributed by atoms with Crippen molar-refractivity contribution in [3.63, 3.8) is 0 Å². The summed E-state index contributed by atoms with van der Waals surface area (Å²) in [4.78, 5) is 15.1. The van der Waals surface area contributed by atoms with Gasteiger partial charge in [0.05, 0.1) is 5.41 Å². The zero-order valence-corrected chi connectivity index (χ0v) is 12.6. The van der Waals surface area contributed by atoms with E-state index >= 15 is 0 Å². The molecular weight excluding hydrogens is 260 g/mol. The monoisotopic (exact) mass is 284 g/mol. The minimum atomic E-state index is -0.181. The molecule has 3 heteroatoms. The lowest BCUT2D eigenvalue weighted by Crippen LogP contribution is -2.47. The van der Waals surface area contributed by atoms with Crippen LogP contribution < -0.4 is 5.32 Å². The molecule has 2 saturated heterocycles. The first-order chi connectivity index (χ1) is 10.2. The van der Waals surface area contributed by atoms with Crippen molar-refractivity contribution in [2.24, 2.45) is 5.41 Å². The van der Waals surface area contributed by atoms with Gasteiger partial charge >= 0.3 is 0 Å². The molecule has 1 aromatic rings. The first-order valence-electron chi connectivity index (χ1n) is 8.30. The maximum absolute atomic E-state index is 13.0. The Bertz CT molecular complexity index is 519. The van der Waals surface area contributed by atoms with Gasteiger partial charge in [-0.25, -0.2) is 0 Å². The second-order valence-corrected chi connectivity index (χ2v) is 7.17. The highest BCUT2D eigenvalue weighted by Crippen LogP contribution is 2.50. The van der Waals surface area contributed by atoms with E-state index in [0.29, 0.717) is 11.3 Å². The largest absolute Gasteiger partial charge is 0.342 e. The molecule has 1 saturated carbocycles. The molecule has 0 atom stereocenters. The highest BCUT2D eigenvalue weighted by molar-refractivity contribution is 5.91. The average Bonchev–Trinajstić information content (AvgIpc) is 3.24. The molecule has 112 valence electrons. The topological polar surface area (TPSA) is 32.3 Å². The summed E-state index contributed by atoms with van der Waals surface area (Å²) in [6, 6.07) is 10.4. The van der Waals surface area contributed by atoms with Crippen LogP contribution in [0.25, 0.3) is 0 Å². The van der Waals surface area contributed by atoms with Crippen LogP contribution in [0.4, 0.5) is 0 Å². The van der Waals surface area contributed by atoms with Gasteiger partial charge in [-0.2, -0.15) is 0 Å². The number of nitrogens with zero attached hydrogens (tertiary/aromatic N) is 1. The van der Waals surface area contributed by atoms with E-state index in [0.717, 1.165) is 39.0 Å². The Morgan fingerprint density at radius 1 is 1.00 bits per heavy atom. The fourth-order valence-electron chi connectivity index (χ4n) is 4.22. The van der Waals surface area contributed by atoms with Gasteiger partial charge in [0, 0.05) is 19.6 Å². The van der Waals surface area contributed by atoms with E-state index in [1.54, 1.807) is 0 Å². The molecule has 0 unspecified atom stereocenters. The van der Waals surface area contributed by atoms with Crippen LogP contribution in [0.1, 0.15) is 37.7 Å². The number of rotatable bonds is 2. The van der Waals surface area contributed by atoms with E-state index in [2.05, 4.69) is 34.5 Å². The fourth-order valence-corrected chi connectivity index (χ4v) is 4.22. The molecule has 21 heavy (non-hydrogen) atoms. The molecule has 0 bridgehead atoms. The van der Waals surface area contributed by atoms with Crippen molar-refractivity contribution in [1.82, 2.24) is 10.2 Å². The van der Waals surface area contributed by atoms with Crippen molar-refractivity contribution in [3.05, 3.63) is 35.9 Å². The fraction of sp³-hybridized carbons (Fsp3) is 0.611. The number of hydrogen-bond donors (Lipinski definition) is 1. The van der Waals surface area contributed by atoms with Gasteiger partial charge < -0.3 is 10.2 Å². The first-order valence-corrected chi connectivity index (χ1v) is 8.30. The second kappa shape index (κ2) is 4.84. The Balaban J connectivity index is 1.47. The van der Waals surface area contributed by atoms with Crippen LogP contribution in [0.15, 0.2) is 30.3 Å². The van der Waals surface area contributed by atoms with E-state index in [1.165, 1.54) is 24.8 Å². The minimum absolute atomic E-state index is 0.181. The summed E-state index contributed by atoms with van der Waals surface area (Å²) in [6.07, 6.45) is 5.70. The standard InChI is InChI=1S/C18H24N2O/c21-16(18(6-7-18)15-4-2-1-3-5-15)20-12-9-17(10-13-20)8-11-19-14-17/h1-5,19H,6-14H2. The van der Waals surface area contributed by atoms with Crippen LogP contribution in [-0.2, 0) is 10.2 Å². The quantitative estimate of drug-likeness (QED) is 0.904. The van der Waals surface area contributed by atoms with E-state index < -0.39 is 0 Å². The second-order valence-electron chi connectivity index (χ2n) is 7.17. The molecule has 1 amide bonds. The van der Waals surface area contributed by atoms with Gasteiger partial charge in [0.25, 0.3) is 0 Å². The number of likely N-dealkylation sites (tertiary alicyclic amines) is 1. The van der Waals surface area contributed by atoms with Crippen LogP contribution in [-0.4, -0.2) is 37.0 Å². The van der Waals surface area contributed by atoms with Crippen LogP contribution in [0.5, 0.6) is 0 Å². The van der Waals surface area contributed by atoms with Crippen LogP contribution in [0.3, 0.4) is 0 Å². The lowest BCUT2D eigenvalue weighted by Gasteiger charge is -2.40. The molecule has 3 aliphatic rings. The molecule has 1 spiro atoms. The summed E-state index contributed by atoms with van der Waals surface area (Å²) >= 11 is 0. The average molecular weight is 284 g/mol. The summed E-state index contributed by atoms with van der Waals surface area (Å²) in [5.41, 5.74) is 1.53. The van der Waals surface area contributed by atoms with Crippen molar-refractivity contribution < 1.29 is 4.79 Å². The van der Waals surface area contributed by atoms with E-state index in [1.807, 2.05) is 6.07 Å². The lowest BCUT2D eigenvalue weighted by molar-refractivity contribution is -0.136. The number of nitrogens with one attached hydrogen (secondary N) is 1. The lowest BCUT2D eigenvalue weighted by atomic mass is 9.77. The smallest absolute Gasteiger partial charge is 0.233 e. The Morgan fingerprint density at radius 2 is 1.71 bits per heavy atom. The molecule has 3 fully saturated rings. The predicted molar refractivity (Wildman–Crippen MR) is 83.1 cm³/mol. The van der Waals surface area contributed by atoms with Crippen molar-refractivity contribution in [3.8, 4) is 0 Å². The van der Waals surface area contributed by atoms with Gasteiger partial charge in [-0.15, -0.1) is 0 Å². The molecule has 2 aliphatic heterocycles. The molecule has 0 radical (unpaired) electrons. The van der Waals surface area contributed by atoms with Crippen molar-refractivity contribution in [1.29, 1.82) is 0 Å². The predicted octanol–water partition coefficient (Wildman–Crippen LogP) is 2.32. The maximum atomic E-state index is 13.0. The molecule has 1 aliphatic carbocycles. The van der Waals surface area contributed by atoms with Crippen molar-refractivity contribution in [2.75, 3.05) is 26.2 Å². The molecule has 3 nitrogen and oxygen atoms in total. The summed E-state index contributed by atoms with van der Waals surface area (Å²) in [5.74, 6) is 0.384. The van der Waals surface area contributed by atoms with Crippen molar-refractivity contribution in [2.45, 2.75) is 37.5 Å². The zero-order chi connectivity index (χ0) is 14.3. The third-order valence-electron chi connectivity index (χ3n) is 5.93. The molecule has 2 heterocycles. The van der Waals surface area contributed by atoms with Gasteiger partial charge in [0.1, 0.15) is 0 Å².